The van der Waals surface area contributed by atoms with E-state index in [9.17, 15) is 0 Å². The van der Waals surface area contributed by atoms with E-state index in [1.165, 1.54) is 37.7 Å². The summed E-state index contributed by atoms with van der Waals surface area (Å²) in [6, 6.07) is 8.28. The summed E-state index contributed by atoms with van der Waals surface area (Å²) in [5, 5.41) is 3.52. The van der Waals surface area contributed by atoms with E-state index in [0.717, 1.165) is 24.8 Å². The van der Waals surface area contributed by atoms with Crippen LogP contribution >= 0.6 is 0 Å². The van der Waals surface area contributed by atoms with Gasteiger partial charge in [-0.2, -0.15) is 0 Å². The molecule has 0 atom stereocenters. The van der Waals surface area contributed by atoms with Gasteiger partial charge in [0.25, 0.3) is 0 Å². The van der Waals surface area contributed by atoms with E-state index in [2.05, 4.69) is 17.4 Å². The summed E-state index contributed by atoms with van der Waals surface area (Å²) in [7, 11) is 1.71. The van der Waals surface area contributed by atoms with Crippen LogP contribution in [0.3, 0.4) is 0 Å². The van der Waals surface area contributed by atoms with Gasteiger partial charge in [0.05, 0.1) is 7.11 Å². The summed E-state index contributed by atoms with van der Waals surface area (Å²) >= 11 is 0. The van der Waals surface area contributed by atoms with Gasteiger partial charge < -0.3 is 10.1 Å². The normalized spacial score (nSPS) is 16.3. The van der Waals surface area contributed by atoms with Crippen molar-refractivity contribution in [2.45, 2.75) is 38.6 Å². The van der Waals surface area contributed by atoms with Gasteiger partial charge in [0, 0.05) is 6.54 Å². The summed E-state index contributed by atoms with van der Waals surface area (Å²) in [5.74, 6) is 1.92. The second kappa shape index (κ2) is 6.65. The van der Waals surface area contributed by atoms with Crippen LogP contribution in [0.1, 0.15) is 37.7 Å². The maximum atomic E-state index is 5.21. The summed E-state index contributed by atoms with van der Waals surface area (Å²) in [4.78, 5) is 0. The van der Waals surface area contributed by atoms with Gasteiger partial charge in [-0.05, 0) is 36.6 Å². The van der Waals surface area contributed by atoms with Crippen molar-refractivity contribution in [2.75, 3.05) is 13.7 Å². The number of methoxy groups -OCH3 is 1. The van der Waals surface area contributed by atoms with E-state index in [4.69, 9.17) is 4.74 Å². The van der Waals surface area contributed by atoms with E-state index in [1.807, 2.05) is 12.1 Å². The molecule has 17 heavy (non-hydrogen) atoms. The number of rotatable bonds is 6. The van der Waals surface area contributed by atoms with Crippen LogP contribution in [0.25, 0.3) is 0 Å². The van der Waals surface area contributed by atoms with Crippen molar-refractivity contribution in [3.8, 4) is 5.75 Å². The van der Waals surface area contributed by atoms with E-state index < -0.39 is 0 Å². The van der Waals surface area contributed by atoms with Gasteiger partial charge in [-0.1, -0.05) is 37.8 Å². The average Bonchev–Trinajstić information content (AvgIpc) is 2.88. The van der Waals surface area contributed by atoms with Gasteiger partial charge in [0.2, 0.25) is 0 Å². The first kappa shape index (κ1) is 12.4. The van der Waals surface area contributed by atoms with Crippen molar-refractivity contribution in [1.82, 2.24) is 5.32 Å². The maximum absolute atomic E-state index is 5.21. The molecule has 0 unspecified atom stereocenters. The summed E-state index contributed by atoms with van der Waals surface area (Å²) < 4.78 is 5.21. The van der Waals surface area contributed by atoms with Gasteiger partial charge in [0.1, 0.15) is 5.75 Å². The molecule has 1 saturated carbocycles. The first-order valence-corrected chi connectivity index (χ1v) is 6.72. The maximum Gasteiger partial charge on any atom is 0.119 e. The van der Waals surface area contributed by atoms with E-state index in [1.54, 1.807) is 7.11 Å². The Morgan fingerprint density at radius 3 is 2.88 bits per heavy atom. The molecule has 1 aromatic rings. The lowest BCUT2D eigenvalue weighted by Gasteiger charge is -2.10. The van der Waals surface area contributed by atoms with Crippen LogP contribution < -0.4 is 10.1 Å². The molecule has 0 amide bonds. The Morgan fingerprint density at radius 1 is 1.29 bits per heavy atom. The quantitative estimate of drug-likeness (QED) is 0.761. The SMILES string of the molecule is COc1cccc(CNCCC2CCCC2)c1. The number of hydrogen-bond acceptors (Lipinski definition) is 2. The van der Waals surface area contributed by atoms with Gasteiger partial charge in [-0.25, -0.2) is 0 Å². The molecular formula is C15H23NO. The molecule has 0 bridgehead atoms. The predicted octanol–water partition coefficient (Wildman–Crippen LogP) is 3.37. The van der Waals surface area contributed by atoms with Crippen LogP contribution in [0.15, 0.2) is 24.3 Å². The topological polar surface area (TPSA) is 21.3 Å². The smallest absolute Gasteiger partial charge is 0.119 e. The first-order chi connectivity index (χ1) is 8.38. The highest BCUT2D eigenvalue weighted by atomic mass is 16.5. The van der Waals surface area contributed by atoms with Crippen molar-refractivity contribution in [1.29, 1.82) is 0 Å². The largest absolute Gasteiger partial charge is 0.497 e. The fourth-order valence-electron chi connectivity index (χ4n) is 2.62. The molecule has 0 heterocycles. The van der Waals surface area contributed by atoms with Crippen molar-refractivity contribution < 1.29 is 4.74 Å². The van der Waals surface area contributed by atoms with Crippen LogP contribution in [0.2, 0.25) is 0 Å². The Morgan fingerprint density at radius 2 is 2.12 bits per heavy atom. The minimum Gasteiger partial charge on any atom is -0.497 e. The molecule has 1 aliphatic rings. The zero-order valence-corrected chi connectivity index (χ0v) is 10.7. The van der Waals surface area contributed by atoms with Crippen LogP contribution in [0.5, 0.6) is 5.75 Å². The molecule has 2 nitrogen and oxygen atoms in total. The van der Waals surface area contributed by atoms with Crippen LogP contribution in [0, 0.1) is 5.92 Å². The Bertz CT molecular complexity index is 331. The Hall–Kier alpha value is -1.02. The Labute approximate surface area is 104 Å². The van der Waals surface area contributed by atoms with Crippen molar-refractivity contribution >= 4 is 0 Å². The number of benzene rings is 1. The van der Waals surface area contributed by atoms with Crippen LogP contribution in [-0.4, -0.2) is 13.7 Å². The molecule has 1 N–H and O–H groups in total. The molecule has 1 aliphatic carbocycles. The van der Waals surface area contributed by atoms with Crippen molar-refractivity contribution in [3.63, 3.8) is 0 Å². The third-order valence-electron chi connectivity index (χ3n) is 3.67. The predicted molar refractivity (Wildman–Crippen MR) is 71.3 cm³/mol. The highest BCUT2D eigenvalue weighted by molar-refractivity contribution is 5.28. The molecule has 1 aromatic carbocycles. The standard InChI is InChI=1S/C15H23NO/c1-17-15-8-4-7-14(11-15)12-16-10-9-13-5-2-3-6-13/h4,7-8,11,13,16H,2-3,5-6,9-10,12H2,1H3. The molecule has 0 aromatic heterocycles. The third kappa shape index (κ3) is 4.04. The first-order valence-electron chi connectivity index (χ1n) is 6.72. The summed E-state index contributed by atoms with van der Waals surface area (Å²) in [5.41, 5.74) is 1.30. The zero-order valence-electron chi connectivity index (χ0n) is 10.7. The lowest BCUT2D eigenvalue weighted by Crippen LogP contribution is -2.17. The monoisotopic (exact) mass is 233 g/mol. The van der Waals surface area contributed by atoms with Gasteiger partial charge >= 0.3 is 0 Å². The van der Waals surface area contributed by atoms with E-state index in [0.29, 0.717) is 0 Å². The second-order valence-electron chi connectivity index (χ2n) is 4.97. The van der Waals surface area contributed by atoms with E-state index in [-0.39, 0.29) is 0 Å². The number of hydrogen-bond donors (Lipinski definition) is 1. The molecule has 1 fully saturated rings. The third-order valence-corrected chi connectivity index (χ3v) is 3.67. The minimum absolute atomic E-state index is 0.945. The fraction of sp³-hybridized carbons (Fsp3) is 0.600. The summed E-state index contributed by atoms with van der Waals surface area (Å²) in [6.45, 7) is 2.09. The molecule has 0 radical (unpaired) electrons. The van der Waals surface area contributed by atoms with Crippen molar-refractivity contribution in [2.24, 2.45) is 5.92 Å². The average molecular weight is 233 g/mol. The summed E-state index contributed by atoms with van der Waals surface area (Å²) in [6.07, 6.45) is 7.12. The molecule has 0 aliphatic heterocycles. The van der Waals surface area contributed by atoms with Crippen LogP contribution in [0.4, 0.5) is 0 Å². The zero-order chi connectivity index (χ0) is 11.9. The highest BCUT2D eigenvalue weighted by Gasteiger charge is 2.13. The number of ether oxygens (including phenoxy) is 1. The van der Waals surface area contributed by atoms with Gasteiger partial charge in [-0.3, -0.25) is 0 Å². The molecule has 0 spiro atoms. The number of nitrogens with one attached hydrogen (secondary N) is 1. The van der Waals surface area contributed by atoms with Crippen molar-refractivity contribution in [3.05, 3.63) is 29.8 Å². The Kier molecular flexibility index (Phi) is 4.87. The molecule has 2 heteroatoms. The van der Waals surface area contributed by atoms with Crippen LogP contribution in [-0.2, 0) is 6.54 Å². The van der Waals surface area contributed by atoms with Gasteiger partial charge in [-0.15, -0.1) is 0 Å². The van der Waals surface area contributed by atoms with Gasteiger partial charge in [0.15, 0.2) is 0 Å². The Balaban J connectivity index is 1.66. The molecular weight excluding hydrogens is 210 g/mol. The lowest BCUT2D eigenvalue weighted by molar-refractivity contribution is 0.414. The molecule has 94 valence electrons. The lowest BCUT2D eigenvalue weighted by atomic mass is 10.0. The molecule has 0 saturated heterocycles. The van der Waals surface area contributed by atoms with E-state index >= 15 is 0 Å². The fourth-order valence-corrected chi connectivity index (χ4v) is 2.62. The minimum atomic E-state index is 0.945. The second-order valence-corrected chi connectivity index (χ2v) is 4.97. The molecule has 2 rings (SSSR count). The highest BCUT2D eigenvalue weighted by Crippen LogP contribution is 2.26.